The predicted molar refractivity (Wildman–Crippen MR) is 60.8 cm³/mol. The van der Waals surface area contributed by atoms with E-state index in [-0.39, 0.29) is 6.10 Å². The van der Waals surface area contributed by atoms with Crippen molar-refractivity contribution in [3.8, 4) is 0 Å². The maximum absolute atomic E-state index is 9.38. The molecule has 1 aromatic heterocycles. The van der Waals surface area contributed by atoms with E-state index in [1.165, 1.54) is 0 Å². The van der Waals surface area contributed by atoms with Gasteiger partial charge in [-0.05, 0) is 31.9 Å². The third kappa shape index (κ3) is 5.00. The summed E-state index contributed by atoms with van der Waals surface area (Å²) < 4.78 is 5.25. The van der Waals surface area contributed by atoms with Gasteiger partial charge in [0.25, 0.3) is 0 Å². The van der Waals surface area contributed by atoms with Crippen LogP contribution in [0.1, 0.15) is 32.4 Å². The molecule has 0 saturated carbocycles. The summed E-state index contributed by atoms with van der Waals surface area (Å²) in [7, 11) is 0. The van der Waals surface area contributed by atoms with Gasteiger partial charge in [0, 0.05) is 19.0 Å². The molecule has 1 rings (SSSR count). The third-order valence-electron chi connectivity index (χ3n) is 2.58. The molecule has 3 heteroatoms. The fourth-order valence-corrected chi connectivity index (χ4v) is 1.40. The van der Waals surface area contributed by atoms with E-state index >= 15 is 0 Å². The summed E-state index contributed by atoms with van der Waals surface area (Å²) in [5.74, 6) is 1.03. The summed E-state index contributed by atoms with van der Waals surface area (Å²) in [5.41, 5.74) is 0. The smallest absolute Gasteiger partial charge is 0.103 e. The van der Waals surface area contributed by atoms with Crippen LogP contribution in [0.15, 0.2) is 22.8 Å². The highest BCUT2D eigenvalue weighted by Crippen LogP contribution is 2.05. The number of furan rings is 1. The molecule has 0 radical (unpaired) electrons. The summed E-state index contributed by atoms with van der Waals surface area (Å²) in [6, 6.07) is 4.32. The van der Waals surface area contributed by atoms with Crippen molar-refractivity contribution in [2.45, 2.75) is 45.3 Å². The van der Waals surface area contributed by atoms with E-state index in [4.69, 9.17) is 4.42 Å². The Kier molecular flexibility index (Phi) is 5.43. The first-order valence-electron chi connectivity index (χ1n) is 5.66. The van der Waals surface area contributed by atoms with Crippen molar-refractivity contribution in [3.05, 3.63) is 24.2 Å². The number of hydrogen-bond acceptors (Lipinski definition) is 3. The normalized spacial score (nSPS) is 15.1. The Morgan fingerprint density at radius 1 is 1.53 bits per heavy atom. The SMILES string of the molecule is CCC(O)CNC(C)CCc1ccco1. The van der Waals surface area contributed by atoms with Gasteiger partial charge in [0.05, 0.1) is 12.4 Å². The maximum atomic E-state index is 9.38. The van der Waals surface area contributed by atoms with Gasteiger partial charge in [-0.3, -0.25) is 0 Å². The summed E-state index contributed by atoms with van der Waals surface area (Å²) >= 11 is 0. The van der Waals surface area contributed by atoms with E-state index in [0.717, 1.165) is 25.0 Å². The van der Waals surface area contributed by atoms with Gasteiger partial charge < -0.3 is 14.8 Å². The van der Waals surface area contributed by atoms with E-state index in [1.54, 1.807) is 6.26 Å². The first kappa shape index (κ1) is 12.3. The fraction of sp³-hybridized carbons (Fsp3) is 0.667. The van der Waals surface area contributed by atoms with E-state index in [2.05, 4.69) is 12.2 Å². The number of hydrogen-bond donors (Lipinski definition) is 2. The Morgan fingerprint density at radius 2 is 2.33 bits per heavy atom. The van der Waals surface area contributed by atoms with Gasteiger partial charge in [0.1, 0.15) is 5.76 Å². The number of aryl methyl sites for hydroxylation is 1. The molecule has 1 heterocycles. The fourth-order valence-electron chi connectivity index (χ4n) is 1.40. The van der Waals surface area contributed by atoms with Crippen LogP contribution in [-0.2, 0) is 6.42 Å². The van der Waals surface area contributed by atoms with Crippen LogP contribution in [0, 0.1) is 0 Å². The van der Waals surface area contributed by atoms with Crippen molar-refractivity contribution in [1.82, 2.24) is 5.32 Å². The lowest BCUT2D eigenvalue weighted by Gasteiger charge is -2.15. The molecule has 0 aliphatic heterocycles. The second kappa shape index (κ2) is 6.64. The van der Waals surface area contributed by atoms with Crippen molar-refractivity contribution in [1.29, 1.82) is 0 Å². The zero-order chi connectivity index (χ0) is 11.1. The van der Waals surface area contributed by atoms with Gasteiger partial charge >= 0.3 is 0 Å². The van der Waals surface area contributed by atoms with Crippen LogP contribution in [0.4, 0.5) is 0 Å². The molecule has 2 atom stereocenters. The highest BCUT2D eigenvalue weighted by Gasteiger charge is 2.06. The molecule has 3 nitrogen and oxygen atoms in total. The van der Waals surface area contributed by atoms with Crippen LogP contribution in [0.25, 0.3) is 0 Å². The Balaban J connectivity index is 2.11. The molecule has 0 aliphatic carbocycles. The van der Waals surface area contributed by atoms with Gasteiger partial charge in [-0.15, -0.1) is 0 Å². The van der Waals surface area contributed by atoms with Crippen molar-refractivity contribution in [2.24, 2.45) is 0 Å². The molecule has 86 valence electrons. The molecule has 2 unspecified atom stereocenters. The Morgan fingerprint density at radius 3 is 2.93 bits per heavy atom. The number of nitrogens with one attached hydrogen (secondary N) is 1. The van der Waals surface area contributed by atoms with Crippen LogP contribution in [-0.4, -0.2) is 23.8 Å². The molecule has 0 aromatic carbocycles. The first-order valence-corrected chi connectivity index (χ1v) is 5.66. The summed E-state index contributed by atoms with van der Waals surface area (Å²) in [6.07, 6.45) is 4.26. The minimum atomic E-state index is -0.226. The molecular weight excluding hydrogens is 190 g/mol. The Labute approximate surface area is 91.5 Å². The third-order valence-corrected chi connectivity index (χ3v) is 2.58. The second-order valence-corrected chi connectivity index (χ2v) is 3.99. The molecule has 15 heavy (non-hydrogen) atoms. The molecule has 0 fully saturated rings. The van der Waals surface area contributed by atoms with Crippen LogP contribution < -0.4 is 5.32 Å². The lowest BCUT2D eigenvalue weighted by molar-refractivity contribution is 0.163. The van der Waals surface area contributed by atoms with Gasteiger partial charge in [0.15, 0.2) is 0 Å². The van der Waals surface area contributed by atoms with Gasteiger partial charge in [-0.25, -0.2) is 0 Å². The van der Waals surface area contributed by atoms with Gasteiger partial charge in [-0.1, -0.05) is 6.92 Å². The van der Waals surface area contributed by atoms with Crippen molar-refractivity contribution < 1.29 is 9.52 Å². The Bertz CT molecular complexity index is 246. The number of rotatable bonds is 7. The second-order valence-electron chi connectivity index (χ2n) is 3.99. The zero-order valence-electron chi connectivity index (χ0n) is 9.57. The van der Waals surface area contributed by atoms with Gasteiger partial charge in [0.2, 0.25) is 0 Å². The minimum absolute atomic E-state index is 0.226. The van der Waals surface area contributed by atoms with Gasteiger partial charge in [-0.2, -0.15) is 0 Å². The summed E-state index contributed by atoms with van der Waals surface area (Å²) in [6.45, 7) is 4.79. The monoisotopic (exact) mass is 211 g/mol. The quantitative estimate of drug-likeness (QED) is 0.724. The number of aliphatic hydroxyl groups is 1. The molecule has 1 aromatic rings. The Hall–Kier alpha value is -0.800. The van der Waals surface area contributed by atoms with Crippen molar-refractivity contribution in [2.75, 3.05) is 6.54 Å². The summed E-state index contributed by atoms with van der Waals surface area (Å²) in [5, 5.41) is 12.7. The molecule has 0 aliphatic rings. The maximum Gasteiger partial charge on any atom is 0.103 e. The number of aliphatic hydroxyl groups excluding tert-OH is 1. The molecule has 0 bridgehead atoms. The molecule has 0 saturated heterocycles. The van der Waals surface area contributed by atoms with Crippen LogP contribution >= 0.6 is 0 Å². The van der Waals surface area contributed by atoms with E-state index < -0.39 is 0 Å². The minimum Gasteiger partial charge on any atom is -0.469 e. The lowest BCUT2D eigenvalue weighted by Crippen LogP contribution is -2.33. The predicted octanol–water partition coefficient (Wildman–Crippen LogP) is 1.96. The summed E-state index contributed by atoms with van der Waals surface area (Å²) in [4.78, 5) is 0. The van der Waals surface area contributed by atoms with E-state index in [9.17, 15) is 5.11 Å². The molecular formula is C12H21NO2. The van der Waals surface area contributed by atoms with Crippen LogP contribution in [0.2, 0.25) is 0 Å². The molecule has 2 N–H and O–H groups in total. The largest absolute Gasteiger partial charge is 0.469 e. The highest BCUT2D eigenvalue weighted by molar-refractivity contribution is 4.98. The zero-order valence-corrected chi connectivity index (χ0v) is 9.57. The lowest BCUT2D eigenvalue weighted by atomic mass is 10.1. The first-order chi connectivity index (χ1) is 7.22. The average molecular weight is 211 g/mol. The topological polar surface area (TPSA) is 45.4 Å². The van der Waals surface area contributed by atoms with Crippen LogP contribution in [0.3, 0.4) is 0 Å². The van der Waals surface area contributed by atoms with Crippen LogP contribution in [0.5, 0.6) is 0 Å². The molecule has 0 amide bonds. The van der Waals surface area contributed by atoms with E-state index in [1.807, 2.05) is 19.1 Å². The van der Waals surface area contributed by atoms with Crippen molar-refractivity contribution in [3.63, 3.8) is 0 Å². The average Bonchev–Trinajstić information content (AvgIpc) is 2.75. The standard InChI is InChI=1S/C12H21NO2/c1-3-11(14)9-13-10(2)6-7-12-5-4-8-15-12/h4-5,8,10-11,13-14H,3,6-7,9H2,1-2H3. The highest BCUT2D eigenvalue weighted by atomic mass is 16.3. The van der Waals surface area contributed by atoms with E-state index in [0.29, 0.717) is 12.6 Å². The molecule has 0 spiro atoms. The van der Waals surface area contributed by atoms with Crippen molar-refractivity contribution >= 4 is 0 Å².